The first kappa shape index (κ1) is 11.6. The fourth-order valence-corrected chi connectivity index (χ4v) is 2.01. The lowest BCUT2D eigenvalue weighted by Gasteiger charge is -2.26. The zero-order valence-electron chi connectivity index (χ0n) is 10.3. The Morgan fingerprint density at radius 3 is 2.12 bits per heavy atom. The predicted molar refractivity (Wildman–Crippen MR) is 64.7 cm³/mol. The lowest BCUT2D eigenvalue weighted by Crippen LogP contribution is -2.39. The Morgan fingerprint density at radius 1 is 1.12 bits per heavy atom. The summed E-state index contributed by atoms with van der Waals surface area (Å²) in [5.74, 6) is 0.467. The van der Waals surface area contributed by atoms with Gasteiger partial charge in [-0.1, -0.05) is 26.0 Å². The number of nitrogens with one attached hydrogen (secondary N) is 1. The second-order valence-electron chi connectivity index (χ2n) is 5.27. The van der Waals surface area contributed by atoms with Crippen LogP contribution in [0.4, 0.5) is 4.39 Å². The molecule has 0 heterocycles. The average Bonchev–Trinajstić information content (AvgIpc) is 2.99. The first-order chi connectivity index (χ1) is 7.53. The Bertz CT molecular complexity index is 352. The minimum atomic E-state index is -0.156. The molecule has 0 spiro atoms. The van der Waals surface area contributed by atoms with Crippen molar-refractivity contribution in [2.24, 2.45) is 5.92 Å². The molecule has 1 fully saturated rings. The van der Waals surface area contributed by atoms with Crippen LogP contribution in [0.15, 0.2) is 24.3 Å². The van der Waals surface area contributed by atoms with Crippen LogP contribution in [0.25, 0.3) is 0 Å². The molecule has 1 aliphatic carbocycles. The summed E-state index contributed by atoms with van der Waals surface area (Å²) in [4.78, 5) is 0. The van der Waals surface area contributed by atoms with Gasteiger partial charge in [-0.2, -0.15) is 0 Å². The summed E-state index contributed by atoms with van der Waals surface area (Å²) in [6.45, 7) is 6.66. The molecule has 1 aliphatic rings. The molecule has 1 N–H and O–H groups in total. The van der Waals surface area contributed by atoms with Crippen molar-refractivity contribution in [3.8, 4) is 0 Å². The number of hydrogen-bond acceptors (Lipinski definition) is 1. The fraction of sp³-hybridized carbons (Fsp3) is 0.571. The summed E-state index contributed by atoms with van der Waals surface area (Å²) in [6.07, 6.45) is 2.32. The van der Waals surface area contributed by atoms with E-state index in [1.54, 1.807) is 12.1 Å². The van der Waals surface area contributed by atoms with Crippen LogP contribution in [-0.4, -0.2) is 6.04 Å². The molecule has 1 aromatic rings. The molecule has 2 heteroatoms. The van der Waals surface area contributed by atoms with E-state index in [0.29, 0.717) is 12.0 Å². The molecule has 1 aromatic carbocycles. The maximum atomic E-state index is 12.9. The summed E-state index contributed by atoms with van der Waals surface area (Å²) in [5.41, 5.74) is 1.35. The van der Waals surface area contributed by atoms with Crippen molar-refractivity contribution in [1.29, 1.82) is 0 Å². The Balaban J connectivity index is 2.11. The van der Waals surface area contributed by atoms with Crippen molar-refractivity contribution >= 4 is 0 Å². The van der Waals surface area contributed by atoms with E-state index >= 15 is 0 Å². The molecule has 2 rings (SSSR count). The largest absolute Gasteiger partial charge is 0.305 e. The molecule has 1 atom stereocenters. The summed E-state index contributed by atoms with van der Waals surface area (Å²) in [7, 11) is 0. The van der Waals surface area contributed by atoms with Crippen LogP contribution in [-0.2, 0) is 5.54 Å². The highest BCUT2D eigenvalue weighted by atomic mass is 19.1. The average molecular weight is 221 g/mol. The molecule has 88 valence electrons. The second-order valence-corrected chi connectivity index (χ2v) is 5.27. The molecule has 0 aromatic heterocycles. The van der Waals surface area contributed by atoms with E-state index < -0.39 is 0 Å². The third-order valence-corrected chi connectivity index (χ3v) is 3.65. The van der Waals surface area contributed by atoms with Crippen LogP contribution in [0.3, 0.4) is 0 Å². The third kappa shape index (κ3) is 2.27. The van der Waals surface area contributed by atoms with Crippen LogP contribution < -0.4 is 5.32 Å². The molecule has 0 bridgehead atoms. The minimum absolute atomic E-state index is 0.122. The zero-order valence-corrected chi connectivity index (χ0v) is 10.3. The SMILES string of the molecule is CC(C)C(C)NC1(c2ccc(F)cc2)CC1. The topological polar surface area (TPSA) is 12.0 Å². The molecule has 1 nitrogen and oxygen atoms in total. The van der Waals surface area contributed by atoms with Gasteiger partial charge in [-0.3, -0.25) is 0 Å². The van der Waals surface area contributed by atoms with Gasteiger partial charge < -0.3 is 5.32 Å². The van der Waals surface area contributed by atoms with Crippen LogP contribution in [0.5, 0.6) is 0 Å². The predicted octanol–water partition coefficient (Wildman–Crippen LogP) is 3.45. The number of rotatable bonds is 4. The van der Waals surface area contributed by atoms with E-state index in [9.17, 15) is 4.39 Å². The monoisotopic (exact) mass is 221 g/mol. The summed E-state index contributed by atoms with van der Waals surface area (Å²) < 4.78 is 12.9. The Hall–Kier alpha value is -0.890. The molecule has 1 unspecified atom stereocenters. The van der Waals surface area contributed by atoms with Gasteiger partial charge in [0, 0.05) is 11.6 Å². The molecule has 16 heavy (non-hydrogen) atoms. The van der Waals surface area contributed by atoms with E-state index in [4.69, 9.17) is 0 Å². The molecule has 0 saturated heterocycles. The Labute approximate surface area is 97.1 Å². The van der Waals surface area contributed by atoms with Gasteiger partial charge in [0.15, 0.2) is 0 Å². The molecule has 0 amide bonds. The first-order valence-electron chi connectivity index (χ1n) is 6.07. The highest BCUT2D eigenvalue weighted by Gasteiger charge is 2.44. The normalized spacial score (nSPS) is 19.8. The zero-order chi connectivity index (χ0) is 11.8. The van der Waals surface area contributed by atoms with Crippen LogP contribution in [0, 0.1) is 11.7 Å². The van der Waals surface area contributed by atoms with Crippen LogP contribution >= 0.6 is 0 Å². The summed E-state index contributed by atoms with van der Waals surface area (Å²) in [6, 6.07) is 7.41. The highest BCUT2D eigenvalue weighted by molar-refractivity contribution is 5.30. The van der Waals surface area contributed by atoms with Crippen LogP contribution in [0.1, 0.15) is 39.2 Å². The van der Waals surface area contributed by atoms with Crippen molar-refractivity contribution in [2.75, 3.05) is 0 Å². The molecule has 0 radical (unpaired) electrons. The molecular weight excluding hydrogens is 201 g/mol. The maximum absolute atomic E-state index is 12.9. The lowest BCUT2D eigenvalue weighted by atomic mass is 10.00. The molecule has 1 saturated carbocycles. The van der Waals surface area contributed by atoms with E-state index in [1.807, 2.05) is 12.1 Å². The van der Waals surface area contributed by atoms with Gasteiger partial charge in [-0.25, -0.2) is 4.39 Å². The third-order valence-electron chi connectivity index (χ3n) is 3.65. The van der Waals surface area contributed by atoms with Gasteiger partial charge >= 0.3 is 0 Å². The first-order valence-corrected chi connectivity index (χ1v) is 6.07. The quantitative estimate of drug-likeness (QED) is 0.821. The van der Waals surface area contributed by atoms with E-state index in [0.717, 1.165) is 12.8 Å². The molecular formula is C14H20FN. The summed E-state index contributed by atoms with van der Waals surface area (Å²) >= 11 is 0. The smallest absolute Gasteiger partial charge is 0.123 e. The minimum Gasteiger partial charge on any atom is -0.305 e. The second kappa shape index (κ2) is 4.17. The van der Waals surface area contributed by atoms with Crippen molar-refractivity contribution in [1.82, 2.24) is 5.32 Å². The van der Waals surface area contributed by atoms with Gasteiger partial charge in [-0.05, 0) is 43.4 Å². The van der Waals surface area contributed by atoms with Crippen molar-refractivity contribution in [3.63, 3.8) is 0 Å². The molecule has 0 aliphatic heterocycles. The van der Waals surface area contributed by atoms with Crippen LogP contribution in [0.2, 0.25) is 0 Å². The number of hydrogen-bond donors (Lipinski definition) is 1. The lowest BCUT2D eigenvalue weighted by molar-refractivity contribution is 0.363. The van der Waals surface area contributed by atoms with E-state index in [2.05, 4.69) is 26.1 Å². The van der Waals surface area contributed by atoms with Gasteiger partial charge in [0.2, 0.25) is 0 Å². The van der Waals surface area contributed by atoms with Gasteiger partial charge in [0.1, 0.15) is 5.82 Å². The van der Waals surface area contributed by atoms with Crippen molar-refractivity contribution in [3.05, 3.63) is 35.6 Å². The van der Waals surface area contributed by atoms with Gasteiger partial charge in [0.25, 0.3) is 0 Å². The highest BCUT2D eigenvalue weighted by Crippen LogP contribution is 2.46. The number of benzene rings is 1. The Kier molecular flexibility index (Phi) is 3.02. The van der Waals surface area contributed by atoms with Crippen molar-refractivity contribution < 1.29 is 4.39 Å². The maximum Gasteiger partial charge on any atom is 0.123 e. The Morgan fingerprint density at radius 2 is 1.69 bits per heavy atom. The standard InChI is InChI=1S/C14H20FN/c1-10(2)11(3)16-14(8-9-14)12-4-6-13(15)7-5-12/h4-7,10-11,16H,8-9H2,1-3H3. The van der Waals surface area contributed by atoms with E-state index in [1.165, 1.54) is 5.56 Å². The van der Waals surface area contributed by atoms with Gasteiger partial charge in [-0.15, -0.1) is 0 Å². The van der Waals surface area contributed by atoms with E-state index in [-0.39, 0.29) is 11.4 Å². The van der Waals surface area contributed by atoms with Crippen molar-refractivity contribution in [2.45, 2.75) is 45.2 Å². The summed E-state index contributed by atoms with van der Waals surface area (Å²) in [5, 5.41) is 3.68. The fourth-order valence-electron chi connectivity index (χ4n) is 2.01. The number of halogens is 1. The van der Waals surface area contributed by atoms with Gasteiger partial charge in [0.05, 0.1) is 0 Å².